The highest BCUT2D eigenvalue weighted by atomic mass is 16.5. The van der Waals surface area contributed by atoms with E-state index < -0.39 is 0 Å². The largest absolute Gasteiger partial charge is 0.496 e. The van der Waals surface area contributed by atoms with Gasteiger partial charge in [-0.2, -0.15) is 0 Å². The first-order valence-corrected chi connectivity index (χ1v) is 7.27. The minimum Gasteiger partial charge on any atom is -0.496 e. The topological polar surface area (TPSA) is 64.3 Å². The fourth-order valence-corrected chi connectivity index (χ4v) is 3.03. The summed E-state index contributed by atoms with van der Waals surface area (Å²) in [6.07, 6.45) is 3.98. The molecule has 4 nitrogen and oxygen atoms in total. The van der Waals surface area contributed by atoms with Crippen molar-refractivity contribution in [3.05, 3.63) is 29.8 Å². The highest BCUT2D eigenvalue weighted by Crippen LogP contribution is 2.38. The van der Waals surface area contributed by atoms with Crippen LogP contribution in [-0.2, 0) is 4.79 Å². The summed E-state index contributed by atoms with van der Waals surface area (Å²) in [5.41, 5.74) is 6.48. The Bertz CT molecular complexity index is 467. The van der Waals surface area contributed by atoms with Crippen LogP contribution in [0, 0.1) is 5.41 Å². The summed E-state index contributed by atoms with van der Waals surface area (Å²) in [7, 11) is 1.64. The molecular formula is C16H24N2O2. The third-order valence-electron chi connectivity index (χ3n) is 4.39. The molecule has 0 radical (unpaired) electrons. The van der Waals surface area contributed by atoms with E-state index in [2.05, 4.69) is 5.32 Å². The Labute approximate surface area is 120 Å². The number of benzene rings is 1. The Morgan fingerprint density at radius 2 is 2.05 bits per heavy atom. The van der Waals surface area contributed by atoms with E-state index in [1.54, 1.807) is 7.11 Å². The lowest BCUT2D eigenvalue weighted by Gasteiger charge is -2.28. The molecule has 0 aromatic heterocycles. The van der Waals surface area contributed by atoms with Crippen LogP contribution >= 0.6 is 0 Å². The average molecular weight is 276 g/mol. The third kappa shape index (κ3) is 2.80. The number of hydrogen-bond donors (Lipinski definition) is 2. The Morgan fingerprint density at radius 1 is 1.40 bits per heavy atom. The molecule has 0 aliphatic heterocycles. The van der Waals surface area contributed by atoms with Crippen molar-refractivity contribution in [1.82, 2.24) is 5.32 Å². The van der Waals surface area contributed by atoms with Gasteiger partial charge in [0.2, 0.25) is 5.91 Å². The van der Waals surface area contributed by atoms with Crippen molar-refractivity contribution in [1.29, 1.82) is 0 Å². The number of carbonyl (C=O) groups is 1. The molecule has 20 heavy (non-hydrogen) atoms. The van der Waals surface area contributed by atoms with E-state index in [9.17, 15) is 4.79 Å². The number of methoxy groups -OCH3 is 1. The lowest BCUT2D eigenvalue weighted by molar-refractivity contribution is -0.131. The smallest absolute Gasteiger partial charge is 0.227 e. The van der Waals surface area contributed by atoms with Crippen molar-refractivity contribution >= 4 is 5.91 Å². The van der Waals surface area contributed by atoms with E-state index >= 15 is 0 Å². The lowest BCUT2D eigenvalue weighted by Crippen LogP contribution is -2.45. The van der Waals surface area contributed by atoms with Crippen LogP contribution in [0.2, 0.25) is 0 Å². The van der Waals surface area contributed by atoms with Crippen molar-refractivity contribution in [3.63, 3.8) is 0 Å². The van der Waals surface area contributed by atoms with E-state index in [4.69, 9.17) is 10.5 Å². The minimum atomic E-state index is -0.365. The normalized spacial score (nSPS) is 18.6. The van der Waals surface area contributed by atoms with Crippen LogP contribution in [0.15, 0.2) is 24.3 Å². The monoisotopic (exact) mass is 276 g/mol. The van der Waals surface area contributed by atoms with Gasteiger partial charge in [0, 0.05) is 12.1 Å². The van der Waals surface area contributed by atoms with Gasteiger partial charge in [-0.25, -0.2) is 0 Å². The third-order valence-corrected chi connectivity index (χ3v) is 4.39. The Kier molecular flexibility index (Phi) is 4.65. The molecule has 1 atom stereocenters. The molecule has 1 aromatic rings. The maximum atomic E-state index is 12.5. The van der Waals surface area contributed by atoms with Gasteiger partial charge in [-0.1, -0.05) is 31.0 Å². The minimum absolute atomic E-state index is 0.0795. The van der Waals surface area contributed by atoms with Crippen molar-refractivity contribution < 1.29 is 9.53 Å². The molecule has 0 saturated heterocycles. The Hall–Kier alpha value is -1.55. The summed E-state index contributed by atoms with van der Waals surface area (Å²) in [5, 5.41) is 3.11. The first-order valence-electron chi connectivity index (χ1n) is 7.27. The predicted molar refractivity (Wildman–Crippen MR) is 79.5 cm³/mol. The second-order valence-corrected chi connectivity index (χ2v) is 5.63. The molecule has 1 aliphatic rings. The molecule has 1 aromatic carbocycles. The van der Waals surface area contributed by atoms with E-state index in [-0.39, 0.29) is 17.4 Å². The summed E-state index contributed by atoms with van der Waals surface area (Å²) in [4.78, 5) is 12.5. The molecule has 2 rings (SSSR count). The molecule has 3 N–H and O–H groups in total. The van der Waals surface area contributed by atoms with Gasteiger partial charge < -0.3 is 15.8 Å². The van der Waals surface area contributed by atoms with Gasteiger partial charge in [0.15, 0.2) is 0 Å². The van der Waals surface area contributed by atoms with Crippen LogP contribution in [0.3, 0.4) is 0 Å². The van der Waals surface area contributed by atoms with Crippen molar-refractivity contribution in [3.8, 4) is 5.75 Å². The lowest BCUT2D eigenvalue weighted by atomic mass is 9.85. The molecule has 1 saturated carbocycles. The Balaban J connectivity index is 2.11. The zero-order chi connectivity index (χ0) is 14.6. The maximum absolute atomic E-state index is 12.5. The van der Waals surface area contributed by atoms with Crippen LogP contribution in [0.5, 0.6) is 5.75 Å². The zero-order valence-corrected chi connectivity index (χ0v) is 12.3. The Morgan fingerprint density at radius 3 is 2.65 bits per heavy atom. The van der Waals surface area contributed by atoms with Gasteiger partial charge in [-0.05, 0) is 25.8 Å². The molecule has 110 valence electrons. The van der Waals surface area contributed by atoms with Gasteiger partial charge in [0.1, 0.15) is 5.75 Å². The molecule has 0 spiro atoms. The van der Waals surface area contributed by atoms with Crippen LogP contribution in [0.4, 0.5) is 0 Å². The highest BCUT2D eigenvalue weighted by Gasteiger charge is 2.40. The standard InChI is InChI=1S/C16H24N2O2/c1-12(13-7-3-4-8-14(13)20-2)18-15(19)16(11-17)9-5-6-10-16/h3-4,7-8,12H,5-6,9-11,17H2,1-2H3,(H,18,19)/t12-/m1/s1. The predicted octanol–water partition coefficient (Wildman–Crippen LogP) is 2.39. The van der Waals surface area contributed by atoms with Crippen LogP contribution in [-0.4, -0.2) is 19.6 Å². The summed E-state index contributed by atoms with van der Waals surface area (Å²) in [6, 6.07) is 7.69. The number of nitrogens with one attached hydrogen (secondary N) is 1. The molecule has 1 amide bonds. The van der Waals surface area contributed by atoms with Crippen LogP contribution in [0.25, 0.3) is 0 Å². The van der Waals surface area contributed by atoms with Gasteiger partial charge in [0.05, 0.1) is 18.6 Å². The van der Waals surface area contributed by atoms with Crippen molar-refractivity contribution in [2.75, 3.05) is 13.7 Å². The number of amides is 1. The number of nitrogens with two attached hydrogens (primary N) is 1. The van der Waals surface area contributed by atoms with E-state index in [0.717, 1.165) is 37.0 Å². The molecule has 0 unspecified atom stereocenters. The highest BCUT2D eigenvalue weighted by molar-refractivity contribution is 5.83. The first-order chi connectivity index (χ1) is 9.63. The number of carbonyl (C=O) groups excluding carboxylic acids is 1. The number of hydrogen-bond acceptors (Lipinski definition) is 3. The number of rotatable bonds is 5. The molecule has 4 heteroatoms. The summed E-state index contributed by atoms with van der Waals surface area (Å²) >= 11 is 0. The molecular weight excluding hydrogens is 252 g/mol. The SMILES string of the molecule is COc1ccccc1[C@@H](C)NC(=O)C1(CN)CCCC1. The average Bonchev–Trinajstić information content (AvgIpc) is 2.97. The van der Waals surface area contributed by atoms with Gasteiger partial charge in [-0.3, -0.25) is 4.79 Å². The molecule has 1 fully saturated rings. The number of ether oxygens (including phenoxy) is 1. The van der Waals surface area contributed by atoms with Gasteiger partial charge >= 0.3 is 0 Å². The quantitative estimate of drug-likeness (QED) is 0.868. The van der Waals surface area contributed by atoms with Gasteiger partial charge in [-0.15, -0.1) is 0 Å². The second kappa shape index (κ2) is 6.27. The maximum Gasteiger partial charge on any atom is 0.227 e. The fourth-order valence-electron chi connectivity index (χ4n) is 3.03. The van der Waals surface area contributed by atoms with Gasteiger partial charge in [0.25, 0.3) is 0 Å². The second-order valence-electron chi connectivity index (χ2n) is 5.63. The molecule has 1 aliphatic carbocycles. The van der Waals surface area contributed by atoms with Crippen LogP contribution in [0.1, 0.15) is 44.2 Å². The first kappa shape index (κ1) is 14.9. The zero-order valence-electron chi connectivity index (χ0n) is 12.3. The summed E-state index contributed by atoms with van der Waals surface area (Å²) in [5.74, 6) is 0.879. The molecule has 0 heterocycles. The summed E-state index contributed by atoms with van der Waals surface area (Å²) in [6.45, 7) is 2.41. The molecule has 0 bridgehead atoms. The number of para-hydroxylation sites is 1. The van der Waals surface area contributed by atoms with Crippen LogP contribution < -0.4 is 15.8 Å². The van der Waals surface area contributed by atoms with E-state index in [0.29, 0.717) is 6.54 Å². The van der Waals surface area contributed by atoms with Crippen molar-refractivity contribution in [2.24, 2.45) is 11.1 Å². The van der Waals surface area contributed by atoms with E-state index in [1.165, 1.54) is 0 Å². The fraction of sp³-hybridized carbons (Fsp3) is 0.562. The summed E-state index contributed by atoms with van der Waals surface area (Å²) < 4.78 is 5.35. The van der Waals surface area contributed by atoms with E-state index in [1.807, 2.05) is 31.2 Å². The van der Waals surface area contributed by atoms with Crippen molar-refractivity contribution in [2.45, 2.75) is 38.6 Å².